The smallest absolute Gasteiger partial charge is 0.154 e. The third-order valence-electron chi connectivity index (χ3n) is 2.62. The minimum atomic E-state index is -1.11. The van der Waals surface area contributed by atoms with E-state index in [-0.39, 0.29) is 12.2 Å². The number of phenolic OH excluding ortho intramolecular Hbond substituents is 1. The van der Waals surface area contributed by atoms with Crippen molar-refractivity contribution >= 4 is 96.3 Å². The van der Waals surface area contributed by atoms with Gasteiger partial charge >= 0.3 is 0 Å². The lowest BCUT2D eigenvalue weighted by Crippen LogP contribution is -2.24. The van der Waals surface area contributed by atoms with E-state index in [1.54, 1.807) is 24.3 Å². The minimum Gasteiger partial charge on any atom is -0.550 e. The Bertz CT molecular complexity index is 700. The highest BCUT2D eigenvalue weighted by Gasteiger charge is 2.13. The summed E-state index contributed by atoms with van der Waals surface area (Å²) >= 11 is 8.31. The Morgan fingerprint density at radius 2 is 1.50 bits per heavy atom. The number of hydrogen-bond acceptors (Lipinski definition) is 4. The molecule has 8 heteroatoms. The number of carboxylic acid groups (broad SMARTS) is 1. The number of carboxylic acids is 1. The largest absolute Gasteiger partial charge is 0.550 e. The summed E-state index contributed by atoms with van der Waals surface area (Å²) in [5.74, 6) is 0.417. The maximum absolute atomic E-state index is 10.7. The normalized spacial score (nSPS) is 10.5. The van der Waals surface area contributed by atoms with Crippen LogP contribution in [0, 0.1) is 14.3 Å². The van der Waals surface area contributed by atoms with Crippen LogP contribution in [0.4, 0.5) is 0 Å². The van der Waals surface area contributed by atoms with Gasteiger partial charge in [-0.05, 0) is 120 Å². The highest BCUT2D eigenvalue weighted by Crippen LogP contribution is 2.36. The summed E-state index contributed by atoms with van der Waals surface area (Å²) in [5.41, 5.74) is 0.677. The fourth-order valence-electron chi connectivity index (χ4n) is 1.70. The number of halogens is 4. The van der Waals surface area contributed by atoms with Gasteiger partial charge in [0, 0.05) is 12.4 Å². The molecule has 0 aliphatic rings. The van der Waals surface area contributed by atoms with E-state index >= 15 is 0 Å². The van der Waals surface area contributed by atoms with Crippen LogP contribution in [0.3, 0.4) is 0 Å². The Kier molecular flexibility index (Phi) is 6.83. The van der Waals surface area contributed by atoms with Crippen LogP contribution in [0.1, 0.15) is 5.56 Å². The average molecular weight is 747 g/mol. The lowest BCUT2D eigenvalue weighted by atomic mass is 10.1. The van der Waals surface area contributed by atoms with E-state index in [2.05, 4.69) is 45.2 Å². The average Bonchev–Trinajstić information content (AvgIpc) is 2.39. The summed E-state index contributed by atoms with van der Waals surface area (Å²) in [4.78, 5) is 10.7. The van der Waals surface area contributed by atoms with E-state index in [4.69, 9.17) is 4.74 Å². The molecular weight excluding hydrogens is 740 g/mol. The standard InChI is InChI=1S/C14H8I4O4/c15-8-4-7(5-9(16)13(8)21)22-14-10(17)1-6(2-11(14)18)3-12(19)20/h1-2,4-5,21H,3H2,(H,19,20)/p-1. The molecule has 2 aromatic rings. The Labute approximate surface area is 181 Å². The van der Waals surface area contributed by atoms with E-state index in [9.17, 15) is 15.0 Å². The molecule has 0 aromatic heterocycles. The summed E-state index contributed by atoms with van der Waals surface area (Å²) in [6, 6.07) is 7.03. The first kappa shape index (κ1) is 18.8. The van der Waals surface area contributed by atoms with Crippen LogP contribution in [0.2, 0.25) is 0 Å². The predicted molar refractivity (Wildman–Crippen MR) is 114 cm³/mol. The third kappa shape index (κ3) is 4.72. The Morgan fingerprint density at radius 3 is 1.95 bits per heavy atom. The lowest BCUT2D eigenvalue weighted by Gasteiger charge is -2.13. The fourth-order valence-corrected chi connectivity index (χ4v) is 5.53. The SMILES string of the molecule is O=C([O-])Cc1cc(I)c(Oc2cc(I)c(O)c(I)c2)c(I)c1. The van der Waals surface area contributed by atoms with Crippen LogP contribution in [-0.4, -0.2) is 11.1 Å². The summed E-state index contributed by atoms with van der Waals surface area (Å²) in [6.07, 6.45) is -0.124. The first-order valence-electron chi connectivity index (χ1n) is 5.81. The van der Waals surface area contributed by atoms with Gasteiger partial charge in [-0.3, -0.25) is 0 Å². The van der Waals surface area contributed by atoms with Gasteiger partial charge in [0.05, 0.1) is 14.3 Å². The Morgan fingerprint density at radius 1 is 1.00 bits per heavy atom. The van der Waals surface area contributed by atoms with Gasteiger partial charge in [-0.25, -0.2) is 0 Å². The molecule has 0 bridgehead atoms. The van der Waals surface area contributed by atoms with Gasteiger partial charge in [-0.15, -0.1) is 0 Å². The van der Waals surface area contributed by atoms with Gasteiger partial charge in [0.1, 0.15) is 11.5 Å². The molecule has 0 aliphatic carbocycles. The van der Waals surface area contributed by atoms with Crippen molar-refractivity contribution in [2.45, 2.75) is 6.42 Å². The molecule has 4 nitrogen and oxygen atoms in total. The zero-order valence-electron chi connectivity index (χ0n) is 10.7. The number of carbonyl (C=O) groups excluding carboxylic acids is 1. The van der Waals surface area contributed by atoms with Crippen molar-refractivity contribution in [2.24, 2.45) is 0 Å². The van der Waals surface area contributed by atoms with Crippen LogP contribution in [0.15, 0.2) is 24.3 Å². The van der Waals surface area contributed by atoms with Gasteiger partial charge in [0.2, 0.25) is 0 Å². The molecule has 0 atom stereocenters. The lowest BCUT2D eigenvalue weighted by molar-refractivity contribution is -0.304. The third-order valence-corrected chi connectivity index (χ3v) is 5.86. The molecule has 0 heterocycles. The summed E-state index contributed by atoms with van der Waals surface area (Å²) in [5, 5.41) is 20.5. The Hall–Kier alpha value is 0.430. The number of carbonyl (C=O) groups is 1. The van der Waals surface area contributed by atoms with Crippen molar-refractivity contribution < 1.29 is 19.7 Å². The van der Waals surface area contributed by atoms with E-state index < -0.39 is 5.97 Å². The van der Waals surface area contributed by atoms with Gasteiger partial charge in [0.25, 0.3) is 0 Å². The van der Waals surface area contributed by atoms with Gasteiger partial charge < -0.3 is 19.7 Å². The maximum atomic E-state index is 10.7. The van der Waals surface area contributed by atoms with Crippen molar-refractivity contribution in [1.29, 1.82) is 0 Å². The summed E-state index contributed by atoms with van der Waals surface area (Å²) < 4.78 is 8.97. The molecule has 0 aliphatic heterocycles. The van der Waals surface area contributed by atoms with Crippen LogP contribution in [0.5, 0.6) is 17.2 Å². The van der Waals surface area contributed by atoms with E-state index in [0.29, 0.717) is 24.2 Å². The fraction of sp³-hybridized carbons (Fsp3) is 0.0714. The molecule has 0 saturated carbocycles. The second-order valence-electron chi connectivity index (χ2n) is 4.27. The van der Waals surface area contributed by atoms with Crippen molar-refractivity contribution in [3.8, 4) is 17.2 Å². The molecule has 116 valence electrons. The zero-order chi connectivity index (χ0) is 16.4. The molecule has 2 rings (SSSR count). The number of phenols is 1. The van der Waals surface area contributed by atoms with Crippen LogP contribution < -0.4 is 9.84 Å². The Balaban J connectivity index is 2.36. The minimum absolute atomic E-state index is 0.124. The number of aromatic hydroxyl groups is 1. The number of benzene rings is 2. The summed E-state index contributed by atoms with van der Waals surface area (Å²) in [7, 11) is 0. The summed E-state index contributed by atoms with van der Waals surface area (Å²) in [6.45, 7) is 0. The quantitative estimate of drug-likeness (QED) is 0.483. The molecule has 22 heavy (non-hydrogen) atoms. The van der Waals surface area contributed by atoms with Crippen molar-refractivity contribution in [1.82, 2.24) is 0 Å². The maximum Gasteiger partial charge on any atom is 0.154 e. The van der Waals surface area contributed by atoms with Crippen LogP contribution in [0.25, 0.3) is 0 Å². The van der Waals surface area contributed by atoms with Crippen LogP contribution >= 0.6 is 90.4 Å². The monoisotopic (exact) mass is 747 g/mol. The van der Waals surface area contributed by atoms with E-state index in [1.807, 2.05) is 45.2 Å². The number of rotatable bonds is 4. The highest BCUT2D eigenvalue weighted by atomic mass is 127. The highest BCUT2D eigenvalue weighted by molar-refractivity contribution is 14.1. The number of ether oxygens (including phenoxy) is 1. The molecule has 0 saturated heterocycles. The van der Waals surface area contributed by atoms with E-state index in [1.165, 1.54) is 0 Å². The second kappa shape index (κ2) is 8.00. The number of hydrogen-bond donors (Lipinski definition) is 1. The first-order chi connectivity index (χ1) is 10.3. The number of aliphatic carboxylic acids is 1. The van der Waals surface area contributed by atoms with Crippen LogP contribution in [-0.2, 0) is 11.2 Å². The van der Waals surface area contributed by atoms with Crippen molar-refractivity contribution in [3.63, 3.8) is 0 Å². The zero-order valence-corrected chi connectivity index (χ0v) is 19.3. The first-order valence-corrected chi connectivity index (χ1v) is 10.1. The van der Waals surface area contributed by atoms with E-state index in [0.717, 1.165) is 7.14 Å². The molecule has 0 fully saturated rings. The second-order valence-corrected chi connectivity index (χ2v) is 8.92. The topological polar surface area (TPSA) is 69.6 Å². The van der Waals surface area contributed by atoms with Gasteiger partial charge in [-0.1, -0.05) is 0 Å². The van der Waals surface area contributed by atoms with Gasteiger partial charge in [-0.2, -0.15) is 0 Å². The molecule has 0 unspecified atom stereocenters. The molecule has 0 amide bonds. The predicted octanol–water partition coefficient (Wildman–Crippen LogP) is 3.90. The molecular formula is C14H7I4O4-. The molecule has 1 N–H and O–H groups in total. The molecule has 0 radical (unpaired) electrons. The van der Waals surface area contributed by atoms with Gasteiger partial charge in [0.15, 0.2) is 5.75 Å². The molecule has 2 aromatic carbocycles. The van der Waals surface area contributed by atoms with Crippen molar-refractivity contribution in [2.75, 3.05) is 0 Å². The van der Waals surface area contributed by atoms with Crippen molar-refractivity contribution in [3.05, 3.63) is 44.1 Å². The molecule has 0 spiro atoms.